The van der Waals surface area contributed by atoms with Crippen LogP contribution in [0.15, 0.2) is 97.1 Å². The largest absolute Gasteiger partial charge is 0.405 e. The Bertz CT molecular complexity index is 1750. The van der Waals surface area contributed by atoms with Crippen molar-refractivity contribution in [2.75, 3.05) is 26.2 Å². The van der Waals surface area contributed by atoms with E-state index in [1.54, 1.807) is 66.7 Å². The second-order valence-corrected chi connectivity index (χ2v) is 12.5. The molecule has 0 spiro atoms. The highest BCUT2D eigenvalue weighted by molar-refractivity contribution is 5.97. The first-order valence-electron chi connectivity index (χ1n) is 16.1. The van der Waals surface area contributed by atoms with Gasteiger partial charge in [-0.05, 0) is 77.0 Å². The standard InChI is InChI=1S/C38H36F5N3O2/c39-37(40,23-44-35(47)27-18-16-26(17-19-27)25-10-3-1-4-11-25)22-32(46-20-7-2-8-21-46)31-15-9-14-29-28-12-5-6-13-30(28)34(33(29)31)36(48)45-24-38(41,42)43/h1,3-6,9-19,32,34H,2,7-8,20-24H2,(H,44,47)(H,45,48). The number of piperidine rings is 1. The normalized spacial score (nSPS) is 16.9. The Kier molecular flexibility index (Phi) is 9.64. The molecule has 2 unspecified atom stereocenters. The van der Waals surface area contributed by atoms with E-state index in [4.69, 9.17) is 0 Å². The van der Waals surface area contributed by atoms with Gasteiger partial charge in [0.25, 0.3) is 11.8 Å². The fourth-order valence-corrected chi connectivity index (χ4v) is 6.92. The van der Waals surface area contributed by atoms with Crippen molar-refractivity contribution in [3.05, 3.63) is 119 Å². The Hall–Kier alpha value is -4.57. The maximum atomic E-state index is 16.0. The van der Waals surface area contributed by atoms with Crippen LogP contribution in [0.1, 0.15) is 64.7 Å². The zero-order valence-electron chi connectivity index (χ0n) is 26.2. The molecule has 1 heterocycles. The molecule has 48 heavy (non-hydrogen) atoms. The number of nitrogens with zero attached hydrogens (tertiary/aromatic N) is 1. The zero-order chi connectivity index (χ0) is 33.9. The lowest BCUT2D eigenvalue weighted by molar-refractivity contribution is -0.138. The van der Waals surface area contributed by atoms with Crippen LogP contribution in [0.2, 0.25) is 0 Å². The third kappa shape index (κ3) is 7.44. The van der Waals surface area contributed by atoms with Gasteiger partial charge in [0.15, 0.2) is 0 Å². The number of halogens is 5. The average Bonchev–Trinajstić information content (AvgIpc) is 3.44. The predicted molar refractivity (Wildman–Crippen MR) is 175 cm³/mol. The van der Waals surface area contributed by atoms with Crippen molar-refractivity contribution in [2.24, 2.45) is 0 Å². The van der Waals surface area contributed by atoms with Gasteiger partial charge in [0.2, 0.25) is 5.91 Å². The number of carbonyl (C=O) groups is 2. The minimum Gasteiger partial charge on any atom is -0.346 e. The average molecular weight is 662 g/mol. The topological polar surface area (TPSA) is 61.4 Å². The molecule has 1 fully saturated rings. The zero-order valence-corrected chi connectivity index (χ0v) is 26.2. The fraction of sp³-hybridized carbons (Fsp3) is 0.316. The van der Waals surface area contributed by atoms with E-state index in [1.807, 2.05) is 40.5 Å². The summed E-state index contributed by atoms with van der Waals surface area (Å²) >= 11 is 0. The Morgan fingerprint density at radius 3 is 2.06 bits per heavy atom. The molecule has 4 aromatic rings. The molecule has 2 aliphatic rings. The number of carbonyl (C=O) groups excluding carboxylic acids is 2. The van der Waals surface area contributed by atoms with Crippen LogP contribution in [0.4, 0.5) is 22.0 Å². The molecule has 250 valence electrons. The molecule has 4 aromatic carbocycles. The van der Waals surface area contributed by atoms with Crippen LogP contribution < -0.4 is 10.6 Å². The minimum absolute atomic E-state index is 0.254. The number of amides is 2. The highest BCUT2D eigenvalue weighted by Gasteiger charge is 2.42. The lowest BCUT2D eigenvalue weighted by Crippen LogP contribution is -2.42. The summed E-state index contributed by atoms with van der Waals surface area (Å²) in [5.74, 6) is -5.89. The van der Waals surface area contributed by atoms with E-state index in [0.717, 1.165) is 30.4 Å². The molecule has 2 amide bonds. The third-order valence-corrected chi connectivity index (χ3v) is 9.16. The van der Waals surface area contributed by atoms with Crippen LogP contribution >= 0.6 is 0 Å². The van der Waals surface area contributed by atoms with Crippen molar-refractivity contribution in [2.45, 2.75) is 49.7 Å². The summed E-state index contributed by atoms with van der Waals surface area (Å²) < 4.78 is 71.3. The maximum absolute atomic E-state index is 16.0. The lowest BCUT2D eigenvalue weighted by Gasteiger charge is -2.38. The molecule has 10 heteroatoms. The molecule has 0 saturated carbocycles. The quantitative estimate of drug-likeness (QED) is 0.169. The highest BCUT2D eigenvalue weighted by Crippen LogP contribution is 2.49. The second-order valence-electron chi connectivity index (χ2n) is 12.5. The molecule has 0 radical (unpaired) electrons. The summed E-state index contributed by atoms with van der Waals surface area (Å²) in [5.41, 5.74) is 4.93. The smallest absolute Gasteiger partial charge is 0.346 e. The van der Waals surface area contributed by atoms with E-state index in [2.05, 4.69) is 5.32 Å². The van der Waals surface area contributed by atoms with Crippen LogP contribution in [-0.2, 0) is 4.79 Å². The van der Waals surface area contributed by atoms with E-state index >= 15 is 8.78 Å². The molecule has 1 saturated heterocycles. The van der Waals surface area contributed by atoms with Gasteiger partial charge in [0.1, 0.15) is 6.54 Å². The summed E-state index contributed by atoms with van der Waals surface area (Å²) in [7, 11) is 0. The maximum Gasteiger partial charge on any atom is 0.405 e. The van der Waals surface area contributed by atoms with Crippen molar-refractivity contribution in [1.82, 2.24) is 15.5 Å². The van der Waals surface area contributed by atoms with Gasteiger partial charge >= 0.3 is 6.18 Å². The van der Waals surface area contributed by atoms with Crippen LogP contribution in [0, 0.1) is 0 Å². The SMILES string of the molecule is O=C(NCC(F)(F)CC(c1cccc2c1C(C(=O)NCC(F)(F)F)c1ccccc1-2)N1CCCCC1)c1ccc(-c2ccccc2)cc1. The van der Waals surface area contributed by atoms with Crippen molar-refractivity contribution < 1.29 is 31.5 Å². The number of alkyl halides is 5. The van der Waals surface area contributed by atoms with Crippen LogP contribution in [-0.4, -0.2) is 55.0 Å². The third-order valence-electron chi connectivity index (χ3n) is 9.16. The molecular weight excluding hydrogens is 625 g/mol. The van der Waals surface area contributed by atoms with E-state index in [9.17, 15) is 22.8 Å². The Morgan fingerprint density at radius 2 is 1.35 bits per heavy atom. The van der Waals surface area contributed by atoms with Gasteiger partial charge in [0.05, 0.1) is 12.5 Å². The van der Waals surface area contributed by atoms with E-state index < -0.39 is 55.4 Å². The molecule has 2 N–H and O–H groups in total. The monoisotopic (exact) mass is 661 g/mol. The first kappa shape index (κ1) is 33.3. The van der Waals surface area contributed by atoms with E-state index in [1.165, 1.54) is 0 Å². The van der Waals surface area contributed by atoms with Gasteiger partial charge < -0.3 is 10.6 Å². The van der Waals surface area contributed by atoms with Gasteiger partial charge in [-0.2, -0.15) is 13.2 Å². The summed E-state index contributed by atoms with van der Waals surface area (Å²) in [4.78, 5) is 28.4. The molecule has 0 aromatic heterocycles. The first-order chi connectivity index (χ1) is 23.0. The first-order valence-corrected chi connectivity index (χ1v) is 16.1. The van der Waals surface area contributed by atoms with Crippen LogP contribution in [0.25, 0.3) is 22.3 Å². The highest BCUT2D eigenvalue weighted by atomic mass is 19.4. The number of likely N-dealkylation sites (tertiary alicyclic amines) is 1. The lowest BCUT2D eigenvalue weighted by atomic mass is 9.85. The number of hydrogen-bond donors (Lipinski definition) is 2. The number of fused-ring (bicyclic) bond motifs is 3. The van der Waals surface area contributed by atoms with Crippen LogP contribution in [0.5, 0.6) is 0 Å². The van der Waals surface area contributed by atoms with Gasteiger partial charge in [-0.3, -0.25) is 14.5 Å². The molecule has 0 bridgehead atoms. The second kappa shape index (κ2) is 13.9. The van der Waals surface area contributed by atoms with Gasteiger partial charge in [-0.1, -0.05) is 91.3 Å². The van der Waals surface area contributed by atoms with Crippen molar-refractivity contribution in [3.63, 3.8) is 0 Å². The van der Waals surface area contributed by atoms with Crippen molar-refractivity contribution >= 4 is 11.8 Å². The van der Waals surface area contributed by atoms with Crippen molar-refractivity contribution in [3.8, 4) is 22.3 Å². The van der Waals surface area contributed by atoms with Crippen LogP contribution in [0.3, 0.4) is 0 Å². The van der Waals surface area contributed by atoms with Gasteiger partial charge in [-0.25, -0.2) is 8.78 Å². The Labute approximate surface area is 276 Å². The summed E-state index contributed by atoms with van der Waals surface area (Å²) in [6.45, 7) is -1.28. The molecular formula is C38H36F5N3O2. The molecule has 1 aliphatic carbocycles. The summed E-state index contributed by atoms with van der Waals surface area (Å²) in [6.07, 6.45) is -2.68. The van der Waals surface area contributed by atoms with Gasteiger partial charge in [0, 0.05) is 18.0 Å². The van der Waals surface area contributed by atoms with E-state index in [-0.39, 0.29) is 5.56 Å². The molecule has 1 aliphatic heterocycles. The Balaban J connectivity index is 1.26. The van der Waals surface area contributed by atoms with Gasteiger partial charge in [-0.15, -0.1) is 0 Å². The number of benzene rings is 4. The summed E-state index contributed by atoms with van der Waals surface area (Å²) in [6, 6.07) is 27.7. The number of nitrogens with one attached hydrogen (secondary N) is 2. The Morgan fingerprint density at radius 1 is 0.708 bits per heavy atom. The molecule has 5 nitrogen and oxygen atoms in total. The van der Waals surface area contributed by atoms with E-state index in [0.29, 0.717) is 40.9 Å². The number of rotatable bonds is 10. The number of hydrogen-bond acceptors (Lipinski definition) is 3. The minimum atomic E-state index is -4.61. The molecule has 2 atom stereocenters. The predicted octanol–water partition coefficient (Wildman–Crippen LogP) is 8.13. The fourth-order valence-electron chi connectivity index (χ4n) is 6.92. The van der Waals surface area contributed by atoms with Crippen molar-refractivity contribution in [1.29, 1.82) is 0 Å². The molecule has 6 rings (SSSR count). The summed E-state index contributed by atoms with van der Waals surface area (Å²) in [5, 5.41) is 4.43.